The van der Waals surface area contributed by atoms with Crippen LogP contribution >= 0.6 is 11.6 Å². The number of benzene rings is 1. The Hall–Kier alpha value is -0.670. The summed E-state index contributed by atoms with van der Waals surface area (Å²) in [6.07, 6.45) is -1.16. The van der Waals surface area contributed by atoms with Gasteiger partial charge in [-0.05, 0) is 19.1 Å². The van der Waals surface area contributed by atoms with Gasteiger partial charge in [0.2, 0.25) is 0 Å². The van der Waals surface area contributed by atoms with Gasteiger partial charge in [0.15, 0.2) is 0 Å². The molecular formula is C8H7ClF2O. The maximum Gasteiger partial charge on any atom is 0.133 e. The quantitative estimate of drug-likeness (QED) is 0.725. The second-order valence-electron chi connectivity index (χ2n) is 2.46. The first kappa shape index (κ1) is 9.42. The van der Waals surface area contributed by atoms with Gasteiger partial charge in [-0.2, -0.15) is 0 Å². The van der Waals surface area contributed by atoms with Crippen molar-refractivity contribution < 1.29 is 13.9 Å². The second-order valence-corrected chi connectivity index (χ2v) is 2.90. The predicted molar refractivity (Wildman–Crippen MR) is 42.0 cm³/mol. The van der Waals surface area contributed by atoms with E-state index in [9.17, 15) is 8.78 Å². The van der Waals surface area contributed by atoms with Crippen LogP contribution < -0.4 is 0 Å². The lowest BCUT2D eigenvalue weighted by molar-refractivity contribution is 0.188. The molecule has 1 unspecified atom stereocenters. The van der Waals surface area contributed by atoms with Crippen LogP contribution in [0.3, 0.4) is 0 Å². The third-order valence-electron chi connectivity index (χ3n) is 1.46. The lowest BCUT2D eigenvalue weighted by atomic mass is 10.1. The van der Waals surface area contributed by atoms with Crippen molar-refractivity contribution in [1.29, 1.82) is 0 Å². The van der Waals surface area contributed by atoms with E-state index >= 15 is 0 Å². The van der Waals surface area contributed by atoms with Crippen LogP contribution in [-0.2, 0) is 0 Å². The van der Waals surface area contributed by atoms with Gasteiger partial charge in [-0.15, -0.1) is 0 Å². The fourth-order valence-corrected chi connectivity index (χ4v) is 1.14. The Balaban J connectivity index is 3.28. The standard InChI is InChI=1S/C8H7ClF2O/c1-4(12)8-6(10)2-5(9)3-7(8)11/h2-4,12H,1H3. The molecule has 1 rings (SSSR count). The Morgan fingerprint density at radius 1 is 1.33 bits per heavy atom. The summed E-state index contributed by atoms with van der Waals surface area (Å²) in [5, 5.41) is 8.93. The predicted octanol–water partition coefficient (Wildman–Crippen LogP) is 2.67. The third-order valence-corrected chi connectivity index (χ3v) is 1.68. The highest BCUT2D eigenvalue weighted by Gasteiger charge is 2.14. The molecule has 0 radical (unpaired) electrons. The molecule has 1 aromatic rings. The van der Waals surface area contributed by atoms with Crippen molar-refractivity contribution in [2.75, 3.05) is 0 Å². The van der Waals surface area contributed by atoms with Crippen molar-refractivity contribution in [3.8, 4) is 0 Å². The van der Waals surface area contributed by atoms with E-state index < -0.39 is 17.7 Å². The van der Waals surface area contributed by atoms with Crippen LogP contribution in [0.5, 0.6) is 0 Å². The normalized spacial score (nSPS) is 13.1. The number of halogens is 3. The molecular weight excluding hydrogens is 186 g/mol. The molecule has 0 amide bonds. The van der Waals surface area contributed by atoms with Gasteiger partial charge >= 0.3 is 0 Å². The first-order chi connectivity index (χ1) is 5.52. The van der Waals surface area contributed by atoms with Gasteiger partial charge in [-0.1, -0.05) is 11.6 Å². The maximum atomic E-state index is 12.9. The summed E-state index contributed by atoms with van der Waals surface area (Å²) in [7, 11) is 0. The van der Waals surface area contributed by atoms with E-state index in [2.05, 4.69) is 0 Å². The lowest BCUT2D eigenvalue weighted by Gasteiger charge is -2.07. The van der Waals surface area contributed by atoms with Crippen LogP contribution in [0.15, 0.2) is 12.1 Å². The molecule has 66 valence electrons. The maximum absolute atomic E-state index is 12.9. The molecule has 0 fully saturated rings. The number of aliphatic hydroxyl groups is 1. The minimum atomic E-state index is -1.16. The molecule has 0 aromatic heterocycles. The molecule has 4 heteroatoms. The Labute approximate surface area is 73.6 Å². The summed E-state index contributed by atoms with van der Waals surface area (Å²) in [5.41, 5.74) is -0.348. The SMILES string of the molecule is CC(O)c1c(F)cc(Cl)cc1F. The molecule has 0 heterocycles. The highest BCUT2D eigenvalue weighted by molar-refractivity contribution is 6.30. The van der Waals surface area contributed by atoms with Gasteiger partial charge in [-0.3, -0.25) is 0 Å². The zero-order chi connectivity index (χ0) is 9.30. The topological polar surface area (TPSA) is 20.2 Å². The van der Waals surface area contributed by atoms with Crippen molar-refractivity contribution >= 4 is 11.6 Å². The van der Waals surface area contributed by atoms with Crippen molar-refractivity contribution in [2.45, 2.75) is 13.0 Å². The number of hydrogen-bond donors (Lipinski definition) is 1. The van der Waals surface area contributed by atoms with Gasteiger partial charge in [0.1, 0.15) is 11.6 Å². The molecule has 1 nitrogen and oxygen atoms in total. The molecule has 1 atom stereocenters. The van der Waals surface area contributed by atoms with E-state index in [4.69, 9.17) is 16.7 Å². The average Bonchev–Trinajstić information content (AvgIpc) is 1.82. The first-order valence-corrected chi connectivity index (χ1v) is 3.72. The molecule has 0 aliphatic carbocycles. The molecule has 1 aromatic carbocycles. The fourth-order valence-electron chi connectivity index (χ4n) is 0.952. The van der Waals surface area contributed by atoms with E-state index in [1.54, 1.807) is 0 Å². The molecule has 0 aliphatic rings. The van der Waals surface area contributed by atoms with Crippen LogP contribution in [0.25, 0.3) is 0 Å². The zero-order valence-corrected chi connectivity index (χ0v) is 7.07. The lowest BCUT2D eigenvalue weighted by Crippen LogP contribution is -1.99. The molecule has 0 saturated heterocycles. The van der Waals surface area contributed by atoms with Gasteiger partial charge in [0.25, 0.3) is 0 Å². The number of rotatable bonds is 1. The summed E-state index contributed by atoms with van der Waals surface area (Å²) in [5.74, 6) is -1.65. The molecule has 1 N–H and O–H groups in total. The fraction of sp³-hybridized carbons (Fsp3) is 0.250. The van der Waals surface area contributed by atoms with E-state index in [1.165, 1.54) is 6.92 Å². The Morgan fingerprint density at radius 2 is 1.75 bits per heavy atom. The summed E-state index contributed by atoms with van der Waals surface area (Å²) in [6.45, 7) is 1.29. The molecule has 0 aliphatic heterocycles. The van der Waals surface area contributed by atoms with Crippen LogP contribution in [0.4, 0.5) is 8.78 Å². The van der Waals surface area contributed by atoms with Gasteiger partial charge in [-0.25, -0.2) is 8.78 Å². The third kappa shape index (κ3) is 1.73. The monoisotopic (exact) mass is 192 g/mol. The van der Waals surface area contributed by atoms with E-state index in [1.807, 2.05) is 0 Å². The highest BCUT2D eigenvalue weighted by atomic mass is 35.5. The molecule has 0 spiro atoms. The number of hydrogen-bond acceptors (Lipinski definition) is 1. The Bertz CT molecular complexity index is 276. The van der Waals surface area contributed by atoms with E-state index in [-0.39, 0.29) is 10.6 Å². The minimum absolute atomic E-state index is 0.0191. The van der Waals surface area contributed by atoms with E-state index in [0.717, 1.165) is 12.1 Å². The number of aliphatic hydroxyl groups excluding tert-OH is 1. The second kappa shape index (κ2) is 3.37. The van der Waals surface area contributed by atoms with Crippen molar-refractivity contribution in [1.82, 2.24) is 0 Å². The van der Waals surface area contributed by atoms with E-state index in [0.29, 0.717) is 0 Å². The summed E-state index contributed by atoms with van der Waals surface area (Å²) in [4.78, 5) is 0. The Kier molecular flexibility index (Phi) is 2.65. The van der Waals surface area contributed by atoms with Crippen molar-refractivity contribution in [3.05, 3.63) is 34.4 Å². The summed E-state index contributed by atoms with van der Waals surface area (Å²) < 4.78 is 25.8. The molecule has 0 saturated carbocycles. The van der Waals surface area contributed by atoms with Crippen LogP contribution in [0, 0.1) is 11.6 Å². The largest absolute Gasteiger partial charge is 0.388 e. The summed E-state index contributed by atoms with van der Waals surface area (Å²) >= 11 is 5.37. The molecule has 0 bridgehead atoms. The van der Waals surface area contributed by atoms with Crippen LogP contribution in [0.1, 0.15) is 18.6 Å². The first-order valence-electron chi connectivity index (χ1n) is 3.35. The summed E-state index contributed by atoms with van der Waals surface area (Å²) in [6, 6.07) is 1.93. The highest BCUT2D eigenvalue weighted by Crippen LogP contribution is 2.23. The van der Waals surface area contributed by atoms with Crippen molar-refractivity contribution in [2.24, 2.45) is 0 Å². The van der Waals surface area contributed by atoms with Crippen molar-refractivity contribution in [3.63, 3.8) is 0 Å². The average molecular weight is 193 g/mol. The Morgan fingerprint density at radius 3 is 2.08 bits per heavy atom. The minimum Gasteiger partial charge on any atom is -0.388 e. The molecule has 12 heavy (non-hydrogen) atoms. The smallest absolute Gasteiger partial charge is 0.133 e. The van der Waals surface area contributed by atoms with Crippen LogP contribution in [-0.4, -0.2) is 5.11 Å². The van der Waals surface area contributed by atoms with Crippen LogP contribution in [0.2, 0.25) is 5.02 Å². The van der Waals surface area contributed by atoms with Gasteiger partial charge < -0.3 is 5.11 Å². The zero-order valence-electron chi connectivity index (χ0n) is 6.31. The van der Waals surface area contributed by atoms with Gasteiger partial charge in [0.05, 0.1) is 11.7 Å². The van der Waals surface area contributed by atoms with Gasteiger partial charge in [0, 0.05) is 5.02 Å².